The molecule has 0 rings (SSSR count). The molecule has 0 saturated heterocycles. The van der Waals surface area contributed by atoms with Crippen LogP contribution < -0.4 is 0 Å². The molecule has 0 nitrogen and oxygen atoms in total. The maximum atomic E-state index is 12.0. The van der Waals surface area contributed by atoms with E-state index in [0.29, 0.717) is 12.3 Å². The van der Waals surface area contributed by atoms with Crippen LogP contribution in [-0.4, -0.2) is 12.9 Å². The standard InChI is InChI=1S/C13H24F4/c1-3-12(6-4-5-9-14)10-11(2)7-8-13(15,16)17/h11-12H,3-10H2,1-2H3. The molecule has 0 aliphatic carbocycles. The van der Waals surface area contributed by atoms with Gasteiger partial charge in [-0.2, -0.15) is 13.2 Å². The van der Waals surface area contributed by atoms with Crippen LogP contribution in [-0.2, 0) is 0 Å². The molecule has 0 aromatic carbocycles. The summed E-state index contributed by atoms with van der Waals surface area (Å²) in [5.74, 6) is 0.553. The molecule has 2 unspecified atom stereocenters. The SMILES string of the molecule is CCC(CCCCF)CC(C)CCC(F)(F)F. The second-order valence-electron chi connectivity index (χ2n) is 4.95. The van der Waals surface area contributed by atoms with Crippen molar-refractivity contribution in [2.24, 2.45) is 11.8 Å². The fourth-order valence-corrected chi connectivity index (χ4v) is 2.11. The predicted octanol–water partition coefficient (Wildman–Crippen LogP) is 5.52. The highest BCUT2D eigenvalue weighted by Crippen LogP contribution is 2.28. The fraction of sp³-hybridized carbons (Fsp3) is 1.00. The van der Waals surface area contributed by atoms with E-state index in [-0.39, 0.29) is 19.0 Å². The van der Waals surface area contributed by atoms with Crippen molar-refractivity contribution in [3.8, 4) is 0 Å². The summed E-state index contributed by atoms with van der Waals surface area (Å²) in [6.45, 7) is 3.64. The molecular formula is C13H24F4. The first-order chi connectivity index (χ1) is 7.89. The topological polar surface area (TPSA) is 0 Å². The maximum absolute atomic E-state index is 12.0. The molecule has 0 aliphatic heterocycles. The van der Waals surface area contributed by atoms with E-state index in [1.165, 1.54) is 0 Å². The Morgan fingerprint density at radius 1 is 1.06 bits per heavy atom. The first-order valence-corrected chi connectivity index (χ1v) is 6.51. The molecule has 0 heterocycles. The van der Waals surface area contributed by atoms with Crippen LogP contribution in [0.2, 0.25) is 0 Å². The summed E-state index contributed by atoms with van der Waals surface area (Å²) < 4.78 is 48.1. The van der Waals surface area contributed by atoms with E-state index >= 15 is 0 Å². The number of rotatable bonds is 9. The summed E-state index contributed by atoms with van der Waals surface area (Å²) in [4.78, 5) is 0. The van der Waals surface area contributed by atoms with Gasteiger partial charge in [-0.15, -0.1) is 0 Å². The van der Waals surface area contributed by atoms with Crippen LogP contribution in [0.5, 0.6) is 0 Å². The molecule has 0 radical (unpaired) electrons. The normalized spacial score (nSPS) is 15.9. The molecule has 0 bridgehead atoms. The van der Waals surface area contributed by atoms with Crippen molar-refractivity contribution in [2.45, 2.75) is 65.0 Å². The third-order valence-electron chi connectivity index (χ3n) is 3.23. The molecule has 0 saturated carbocycles. The van der Waals surface area contributed by atoms with E-state index in [2.05, 4.69) is 6.92 Å². The summed E-state index contributed by atoms with van der Waals surface area (Å²) in [5.41, 5.74) is 0. The minimum absolute atomic E-state index is 0.104. The van der Waals surface area contributed by atoms with Crippen molar-refractivity contribution in [1.29, 1.82) is 0 Å². The van der Waals surface area contributed by atoms with Crippen LogP contribution >= 0.6 is 0 Å². The van der Waals surface area contributed by atoms with Crippen molar-refractivity contribution in [3.63, 3.8) is 0 Å². The Bertz CT molecular complexity index is 177. The first kappa shape index (κ1) is 16.7. The average molecular weight is 256 g/mol. The van der Waals surface area contributed by atoms with Gasteiger partial charge in [0.25, 0.3) is 0 Å². The van der Waals surface area contributed by atoms with E-state index in [4.69, 9.17) is 0 Å². The third kappa shape index (κ3) is 10.6. The number of halogens is 4. The smallest absolute Gasteiger partial charge is 0.251 e. The van der Waals surface area contributed by atoms with E-state index in [1.54, 1.807) is 0 Å². The molecule has 0 amide bonds. The lowest BCUT2D eigenvalue weighted by molar-refractivity contribution is -0.137. The van der Waals surface area contributed by atoms with Crippen molar-refractivity contribution < 1.29 is 17.6 Å². The second kappa shape index (κ2) is 8.76. The van der Waals surface area contributed by atoms with Gasteiger partial charge in [0.1, 0.15) is 0 Å². The van der Waals surface area contributed by atoms with Gasteiger partial charge in [-0.3, -0.25) is 4.39 Å². The van der Waals surface area contributed by atoms with Gasteiger partial charge in [0, 0.05) is 6.42 Å². The molecule has 4 heteroatoms. The van der Waals surface area contributed by atoms with Gasteiger partial charge in [0.2, 0.25) is 0 Å². The highest BCUT2D eigenvalue weighted by Gasteiger charge is 2.27. The molecule has 0 fully saturated rings. The monoisotopic (exact) mass is 256 g/mol. The number of alkyl halides is 4. The van der Waals surface area contributed by atoms with Gasteiger partial charge < -0.3 is 0 Å². The third-order valence-corrected chi connectivity index (χ3v) is 3.23. The van der Waals surface area contributed by atoms with Gasteiger partial charge in [-0.1, -0.05) is 33.1 Å². The highest BCUT2D eigenvalue weighted by molar-refractivity contribution is 4.65. The Hall–Kier alpha value is -0.280. The van der Waals surface area contributed by atoms with Crippen molar-refractivity contribution in [2.75, 3.05) is 6.67 Å². The van der Waals surface area contributed by atoms with E-state index < -0.39 is 12.6 Å². The Kier molecular flexibility index (Phi) is 8.61. The fourth-order valence-electron chi connectivity index (χ4n) is 2.11. The Balaban J connectivity index is 3.77. The summed E-state index contributed by atoms with van der Waals surface area (Å²) >= 11 is 0. The number of unbranched alkanes of at least 4 members (excludes halogenated alkanes) is 1. The first-order valence-electron chi connectivity index (χ1n) is 6.51. The zero-order valence-corrected chi connectivity index (χ0v) is 10.8. The lowest BCUT2D eigenvalue weighted by Crippen LogP contribution is -2.12. The van der Waals surface area contributed by atoms with Crippen molar-refractivity contribution in [1.82, 2.24) is 0 Å². The summed E-state index contributed by atoms with van der Waals surface area (Å²) in [6.07, 6.45) is -0.338. The molecule has 0 aromatic rings. The van der Waals surface area contributed by atoms with Crippen LogP contribution in [0.1, 0.15) is 58.8 Å². The summed E-state index contributed by atoms with van der Waals surface area (Å²) in [6, 6.07) is 0. The van der Waals surface area contributed by atoms with Gasteiger partial charge in [0.15, 0.2) is 0 Å². The van der Waals surface area contributed by atoms with Gasteiger partial charge in [-0.05, 0) is 31.1 Å². The molecule has 0 aliphatic rings. The van der Waals surface area contributed by atoms with Crippen LogP contribution in [0, 0.1) is 11.8 Å². The lowest BCUT2D eigenvalue weighted by Gasteiger charge is -2.20. The summed E-state index contributed by atoms with van der Waals surface area (Å²) in [5, 5.41) is 0. The van der Waals surface area contributed by atoms with Crippen LogP contribution in [0.15, 0.2) is 0 Å². The molecule has 0 N–H and O–H groups in total. The second-order valence-corrected chi connectivity index (χ2v) is 4.95. The Morgan fingerprint density at radius 3 is 2.18 bits per heavy atom. The lowest BCUT2D eigenvalue weighted by atomic mass is 9.87. The molecule has 104 valence electrons. The van der Waals surface area contributed by atoms with E-state index in [0.717, 1.165) is 25.7 Å². The summed E-state index contributed by atoms with van der Waals surface area (Å²) in [7, 11) is 0. The zero-order valence-electron chi connectivity index (χ0n) is 10.8. The number of hydrogen-bond acceptors (Lipinski definition) is 0. The largest absolute Gasteiger partial charge is 0.389 e. The van der Waals surface area contributed by atoms with Gasteiger partial charge >= 0.3 is 6.18 Å². The average Bonchev–Trinajstić information content (AvgIpc) is 2.24. The molecule has 0 spiro atoms. The van der Waals surface area contributed by atoms with Gasteiger partial charge in [0.05, 0.1) is 6.67 Å². The molecule has 0 aromatic heterocycles. The van der Waals surface area contributed by atoms with E-state index in [1.807, 2.05) is 6.92 Å². The van der Waals surface area contributed by atoms with Crippen molar-refractivity contribution >= 4 is 0 Å². The minimum atomic E-state index is -4.04. The molecular weight excluding hydrogens is 232 g/mol. The minimum Gasteiger partial charge on any atom is -0.251 e. The van der Waals surface area contributed by atoms with Crippen LogP contribution in [0.25, 0.3) is 0 Å². The Labute approximate surface area is 102 Å². The highest BCUT2D eigenvalue weighted by atomic mass is 19.4. The zero-order chi connectivity index (χ0) is 13.3. The maximum Gasteiger partial charge on any atom is 0.389 e. The van der Waals surface area contributed by atoms with Crippen LogP contribution in [0.4, 0.5) is 17.6 Å². The molecule has 17 heavy (non-hydrogen) atoms. The number of hydrogen-bond donors (Lipinski definition) is 0. The Morgan fingerprint density at radius 2 is 1.71 bits per heavy atom. The van der Waals surface area contributed by atoms with E-state index in [9.17, 15) is 17.6 Å². The van der Waals surface area contributed by atoms with Crippen LogP contribution in [0.3, 0.4) is 0 Å². The van der Waals surface area contributed by atoms with Crippen molar-refractivity contribution in [3.05, 3.63) is 0 Å². The quantitative estimate of drug-likeness (QED) is 0.376. The predicted molar refractivity (Wildman–Crippen MR) is 62.7 cm³/mol. The molecule has 2 atom stereocenters. The van der Waals surface area contributed by atoms with Gasteiger partial charge in [-0.25, -0.2) is 0 Å².